The lowest BCUT2D eigenvalue weighted by atomic mass is 10.1. The smallest absolute Gasteiger partial charge is 0.388 e. The van der Waals surface area contributed by atoms with Crippen LogP contribution in [0.3, 0.4) is 0 Å². The third kappa shape index (κ3) is 5.80. The summed E-state index contributed by atoms with van der Waals surface area (Å²) < 4.78 is 14.0. The topological polar surface area (TPSA) is 171 Å². The number of aliphatic hydroxyl groups excluding tert-OH is 3. The molecule has 0 aromatic carbocycles. The standard InChI is InChI=1S/C5H12NO8P/c6-5(10)4(9)3(8)2(7)1-14-15(11,12)13/h2-4,7-9H,1H2,(H2,6,10)(H2,11,12,13)/t2-,3-,4+/m0/s1. The van der Waals surface area contributed by atoms with Crippen molar-refractivity contribution in [2.45, 2.75) is 18.3 Å². The Morgan fingerprint density at radius 2 is 1.80 bits per heavy atom. The van der Waals surface area contributed by atoms with Gasteiger partial charge in [0, 0.05) is 0 Å². The van der Waals surface area contributed by atoms with Gasteiger partial charge in [0.2, 0.25) is 5.91 Å². The second-order valence-corrected chi connectivity index (χ2v) is 3.93. The van der Waals surface area contributed by atoms with E-state index in [9.17, 15) is 9.36 Å². The summed E-state index contributed by atoms with van der Waals surface area (Å²) >= 11 is 0. The minimum absolute atomic E-state index is 0.949. The van der Waals surface area contributed by atoms with Gasteiger partial charge in [-0.2, -0.15) is 0 Å². The van der Waals surface area contributed by atoms with Gasteiger partial charge in [0.15, 0.2) is 6.10 Å². The van der Waals surface area contributed by atoms with Gasteiger partial charge in [0.1, 0.15) is 12.2 Å². The van der Waals surface area contributed by atoms with Crippen LogP contribution in [0.25, 0.3) is 0 Å². The lowest BCUT2D eigenvalue weighted by molar-refractivity contribution is -0.138. The van der Waals surface area contributed by atoms with Gasteiger partial charge in [-0.25, -0.2) is 4.57 Å². The predicted molar refractivity (Wildman–Crippen MR) is 45.2 cm³/mol. The highest BCUT2D eigenvalue weighted by atomic mass is 31.2. The molecule has 0 fully saturated rings. The maximum absolute atomic E-state index is 10.4. The van der Waals surface area contributed by atoms with E-state index >= 15 is 0 Å². The number of phosphoric ester groups is 1. The molecule has 0 saturated carbocycles. The first-order valence-electron chi connectivity index (χ1n) is 3.68. The van der Waals surface area contributed by atoms with E-state index in [1.807, 2.05) is 0 Å². The minimum Gasteiger partial charge on any atom is -0.388 e. The monoisotopic (exact) mass is 245 g/mol. The van der Waals surface area contributed by atoms with E-state index < -0.39 is 38.6 Å². The van der Waals surface area contributed by atoms with Gasteiger partial charge in [-0.05, 0) is 0 Å². The van der Waals surface area contributed by atoms with Crippen molar-refractivity contribution >= 4 is 13.7 Å². The van der Waals surface area contributed by atoms with Crippen molar-refractivity contribution in [3.8, 4) is 0 Å². The summed E-state index contributed by atoms with van der Waals surface area (Å²) in [5.41, 5.74) is 4.60. The van der Waals surface area contributed by atoms with Gasteiger partial charge in [-0.1, -0.05) is 0 Å². The number of rotatable bonds is 6. The Labute approximate surface area is 84.3 Å². The first-order chi connectivity index (χ1) is 6.65. The molecule has 15 heavy (non-hydrogen) atoms. The molecular weight excluding hydrogens is 233 g/mol. The fourth-order valence-corrected chi connectivity index (χ4v) is 0.998. The van der Waals surface area contributed by atoms with Crippen molar-refractivity contribution < 1.29 is 39.0 Å². The van der Waals surface area contributed by atoms with E-state index in [2.05, 4.69) is 10.3 Å². The van der Waals surface area contributed by atoms with Crippen molar-refractivity contribution in [1.82, 2.24) is 0 Å². The molecule has 0 aliphatic carbocycles. The van der Waals surface area contributed by atoms with E-state index in [4.69, 9.17) is 25.1 Å². The fourth-order valence-electron chi connectivity index (χ4n) is 0.651. The second-order valence-electron chi connectivity index (χ2n) is 2.69. The maximum atomic E-state index is 10.4. The third-order valence-electron chi connectivity index (χ3n) is 1.42. The molecule has 0 radical (unpaired) electrons. The summed E-state index contributed by atoms with van der Waals surface area (Å²) in [5, 5.41) is 26.9. The van der Waals surface area contributed by atoms with Gasteiger partial charge in [-0.3, -0.25) is 9.32 Å². The predicted octanol–water partition coefficient (Wildman–Crippen LogP) is -3.34. The van der Waals surface area contributed by atoms with Gasteiger partial charge in [-0.15, -0.1) is 0 Å². The number of carbonyl (C=O) groups is 1. The Morgan fingerprint density at radius 1 is 1.33 bits per heavy atom. The summed E-state index contributed by atoms with van der Waals surface area (Å²) in [6.45, 7) is -0.949. The molecule has 0 bridgehead atoms. The maximum Gasteiger partial charge on any atom is 0.469 e. The molecule has 0 saturated heterocycles. The van der Waals surface area contributed by atoms with Crippen LogP contribution < -0.4 is 5.73 Å². The summed E-state index contributed by atoms with van der Waals surface area (Å²) in [5.74, 6) is -1.28. The molecule has 0 aromatic heterocycles. The number of phosphoric acid groups is 1. The number of carbonyl (C=O) groups excluding carboxylic acids is 1. The number of amides is 1. The van der Waals surface area contributed by atoms with Crippen molar-refractivity contribution in [1.29, 1.82) is 0 Å². The summed E-state index contributed by atoms with van der Waals surface area (Å²) in [6.07, 6.45) is -5.87. The van der Waals surface area contributed by atoms with Crippen molar-refractivity contribution in [2.75, 3.05) is 6.61 Å². The number of primary amides is 1. The van der Waals surface area contributed by atoms with Crippen LogP contribution in [0.4, 0.5) is 0 Å². The molecular formula is C5H12NO8P. The Balaban J connectivity index is 4.16. The molecule has 0 aromatic rings. The zero-order chi connectivity index (χ0) is 12.2. The van der Waals surface area contributed by atoms with E-state index in [1.165, 1.54) is 0 Å². The van der Waals surface area contributed by atoms with Gasteiger partial charge < -0.3 is 30.8 Å². The summed E-state index contributed by atoms with van der Waals surface area (Å²) in [7, 11) is -4.78. The molecule has 0 unspecified atom stereocenters. The largest absolute Gasteiger partial charge is 0.469 e. The van der Waals surface area contributed by atoms with Crippen LogP contribution in [0.5, 0.6) is 0 Å². The lowest BCUT2D eigenvalue weighted by Gasteiger charge is -2.20. The molecule has 1 amide bonds. The molecule has 0 spiro atoms. The Morgan fingerprint density at radius 3 is 2.13 bits per heavy atom. The van der Waals surface area contributed by atoms with Crippen molar-refractivity contribution in [3.05, 3.63) is 0 Å². The molecule has 90 valence electrons. The lowest BCUT2D eigenvalue weighted by Crippen LogP contribution is -2.46. The van der Waals surface area contributed by atoms with Crippen LogP contribution in [0.1, 0.15) is 0 Å². The van der Waals surface area contributed by atoms with Crippen LogP contribution in [0, 0.1) is 0 Å². The molecule has 10 heteroatoms. The number of hydrogen-bond acceptors (Lipinski definition) is 6. The molecule has 3 atom stereocenters. The first kappa shape index (κ1) is 14.5. The number of aliphatic hydroxyl groups is 3. The second kappa shape index (κ2) is 5.52. The number of hydrogen-bond donors (Lipinski definition) is 6. The highest BCUT2D eigenvalue weighted by molar-refractivity contribution is 7.46. The van der Waals surface area contributed by atoms with Gasteiger partial charge >= 0.3 is 7.82 Å². The third-order valence-corrected chi connectivity index (χ3v) is 1.91. The fraction of sp³-hybridized carbons (Fsp3) is 0.800. The molecule has 0 aliphatic heterocycles. The van der Waals surface area contributed by atoms with Crippen LogP contribution in [-0.2, 0) is 13.9 Å². The van der Waals surface area contributed by atoms with E-state index in [0.717, 1.165) is 0 Å². The van der Waals surface area contributed by atoms with E-state index in [0.29, 0.717) is 0 Å². The van der Waals surface area contributed by atoms with E-state index in [-0.39, 0.29) is 0 Å². The van der Waals surface area contributed by atoms with Crippen LogP contribution in [-0.4, -0.2) is 55.9 Å². The molecule has 0 aliphatic rings. The van der Waals surface area contributed by atoms with Gasteiger partial charge in [0.25, 0.3) is 0 Å². The van der Waals surface area contributed by atoms with Crippen LogP contribution >= 0.6 is 7.82 Å². The normalized spacial score (nSPS) is 18.2. The first-order valence-corrected chi connectivity index (χ1v) is 5.22. The average Bonchev–Trinajstić information content (AvgIpc) is 2.10. The summed E-state index contributed by atoms with van der Waals surface area (Å²) in [4.78, 5) is 26.8. The highest BCUT2D eigenvalue weighted by Crippen LogP contribution is 2.35. The van der Waals surface area contributed by atoms with Crippen LogP contribution in [0.15, 0.2) is 0 Å². The molecule has 7 N–H and O–H groups in total. The highest BCUT2D eigenvalue weighted by Gasteiger charge is 2.30. The van der Waals surface area contributed by atoms with Gasteiger partial charge in [0.05, 0.1) is 6.61 Å². The van der Waals surface area contributed by atoms with Crippen molar-refractivity contribution in [2.24, 2.45) is 5.73 Å². The molecule has 9 nitrogen and oxygen atoms in total. The Hall–Kier alpha value is -0.540. The Kier molecular flexibility index (Phi) is 5.32. The van der Waals surface area contributed by atoms with Crippen molar-refractivity contribution in [3.63, 3.8) is 0 Å². The molecule has 0 heterocycles. The molecule has 0 rings (SSSR count). The van der Waals surface area contributed by atoms with E-state index in [1.54, 1.807) is 0 Å². The SMILES string of the molecule is NC(=O)[C@H](O)[C@@H](O)[C@@H](O)COP(=O)(O)O. The minimum atomic E-state index is -4.78. The number of nitrogens with two attached hydrogens (primary N) is 1. The van der Waals surface area contributed by atoms with Crippen LogP contribution in [0.2, 0.25) is 0 Å². The Bertz CT molecular complexity index is 264. The zero-order valence-electron chi connectivity index (χ0n) is 7.42. The summed E-state index contributed by atoms with van der Waals surface area (Å²) in [6, 6.07) is 0. The zero-order valence-corrected chi connectivity index (χ0v) is 8.32. The average molecular weight is 245 g/mol. The quantitative estimate of drug-likeness (QED) is 0.264.